The van der Waals surface area contributed by atoms with Crippen LogP contribution in [-0.4, -0.2) is 30.6 Å². The Morgan fingerprint density at radius 2 is 2.22 bits per heavy atom. The average molecular weight is 250 g/mol. The van der Waals surface area contributed by atoms with Crippen molar-refractivity contribution in [3.63, 3.8) is 0 Å². The van der Waals surface area contributed by atoms with Crippen LogP contribution in [0.3, 0.4) is 0 Å². The van der Waals surface area contributed by atoms with Gasteiger partial charge in [0, 0.05) is 31.6 Å². The summed E-state index contributed by atoms with van der Waals surface area (Å²) in [7, 11) is 1.70. The fourth-order valence-electron chi connectivity index (χ4n) is 1.66. The normalized spacial score (nSPS) is 10.7. The van der Waals surface area contributed by atoms with Crippen LogP contribution in [0, 0.1) is 0 Å². The van der Waals surface area contributed by atoms with Crippen LogP contribution >= 0.6 is 0 Å². The second-order valence-corrected chi connectivity index (χ2v) is 4.65. The average Bonchev–Trinajstić information content (AvgIpc) is 2.30. The summed E-state index contributed by atoms with van der Waals surface area (Å²) in [4.78, 5) is 15.9. The van der Waals surface area contributed by atoms with Crippen molar-refractivity contribution in [1.82, 2.24) is 10.3 Å². The van der Waals surface area contributed by atoms with Crippen molar-refractivity contribution in [3.05, 3.63) is 29.6 Å². The predicted molar refractivity (Wildman–Crippen MR) is 71.4 cm³/mol. The minimum Gasteiger partial charge on any atom is -0.385 e. The Morgan fingerprint density at radius 3 is 2.78 bits per heavy atom. The standard InChI is InChI=1S/C14H22N2O2/c1-11(2)16-14(17)9-12-6-7-13(15-10-12)5-4-8-18-3/h6-7,10-11H,4-5,8-9H2,1-3H3,(H,16,17). The molecular formula is C14H22N2O2. The Kier molecular flexibility index (Phi) is 6.36. The first-order valence-electron chi connectivity index (χ1n) is 6.34. The van der Waals surface area contributed by atoms with E-state index in [1.807, 2.05) is 26.0 Å². The largest absolute Gasteiger partial charge is 0.385 e. The minimum atomic E-state index is 0.0407. The molecule has 0 bridgehead atoms. The van der Waals surface area contributed by atoms with Gasteiger partial charge in [-0.2, -0.15) is 0 Å². The van der Waals surface area contributed by atoms with Crippen molar-refractivity contribution in [2.45, 2.75) is 39.2 Å². The third kappa shape index (κ3) is 5.77. The molecule has 0 fully saturated rings. The van der Waals surface area contributed by atoms with E-state index in [1.54, 1.807) is 13.3 Å². The number of ether oxygens (including phenoxy) is 1. The van der Waals surface area contributed by atoms with Crippen LogP contribution < -0.4 is 5.32 Å². The van der Waals surface area contributed by atoms with Crippen molar-refractivity contribution in [3.8, 4) is 0 Å². The van der Waals surface area contributed by atoms with Gasteiger partial charge < -0.3 is 10.1 Å². The monoisotopic (exact) mass is 250 g/mol. The molecule has 0 aliphatic heterocycles. The van der Waals surface area contributed by atoms with Gasteiger partial charge in [0.1, 0.15) is 0 Å². The van der Waals surface area contributed by atoms with Crippen molar-refractivity contribution >= 4 is 5.91 Å². The fourth-order valence-corrected chi connectivity index (χ4v) is 1.66. The molecule has 1 amide bonds. The van der Waals surface area contributed by atoms with E-state index < -0.39 is 0 Å². The summed E-state index contributed by atoms with van der Waals surface area (Å²) in [5, 5.41) is 2.86. The number of rotatable bonds is 7. The zero-order valence-electron chi connectivity index (χ0n) is 11.4. The molecule has 0 aliphatic rings. The summed E-state index contributed by atoms with van der Waals surface area (Å²) in [5.41, 5.74) is 1.99. The van der Waals surface area contributed by atoms with Crippen molar-refractivity contribution in [1.29, 1.82) is 0 Å². The van der Waals surface area contributed by atoms with Crippen LogP contribution in [0.2, 0.25) is 0 Å². The van der Waals surface area contributed by atoms with Crippen LogP contribution in [0.4, 0.5) is 0 Å². The molecule has 0 aliphatic carbocycles. The molecule has 18 heavy (non-hydrogen) atoms. The van der Waals surface area contributed by atoms with Crippen LogP contribution in [0.15, 0.2) is 18.3 Å². The highest BCUT2D eigenvalue weighted by Crippen LogP contribution is 2.04. The van der Waals surface area contributed by atoms with Gasteiger partial charge in [0.05, 0.1) is 6.42 Å². The van der Waals surface area contributed by atoms with Crippen LogP contribution in [-0.2, 0) is 22.4 Å². The zero-order valence-corrected chi connectivity index (χ0v) is 11.4. The maximum absolute atomic E-state index is 11.6. The number of carbonyl (C=O) groups is 1. The summed E-state index contributed by atoms with van der Waals surface area (Å²) in [6, 6.07) is 4.13. The zero-order chi connectivity index (χ0) is 13.4. The van der Waals surface area contributed by atoms with E-state index in [0.29, 0.717) is 6.42 Å². The first-order valence-corrected chi connectivity index (χ1v) is 6.34. The first-order chi connectivity index (χ1) is 8.61. The number of aromatic nitrogens is 1. The smallest absolute Gasteiger partial charge is 0.224 e. The first kappa shape index (κ1) is 14.6. The number of aryl methyl sites for hydroxylation is 1. The summed E-state index contributed by atoms with van der Waals surface area (Å²) < 4.78 is 5.00. The van der Waals surface area contributed by atoms with E-state index in [-0.39, 0.29) is 11.9 Å². The lowest BCUT2D eigenvalue weighted by Crippen LogP contribution is -2.31. The van der Waals surface area contributed by atoms with Crippen LogP contribution in [0.25, 0.3) is 0 Å². The number of nitrogens with one attached hydrogen (secondary N) is 1. The van der Waals surface area contributed by atoms with E-state index >= 15 is 0 Å². The van der Waals surface area contributed by atoms with Crippen LogP contribution in [0.1, 0.15) is 31.5 Å². The maximum Gasteiger partial charge on any atom is 0.224 e. The fraction of sp³-hybridized carbons (Fsp3) is 0.571. The molecule has 0 aromatic carbocycles. The van der Waals surface area contributed by atoms with Gasteiger partial charge in [-0.3, -0.25) is 9.78 Å². The third-order valence-corrected chi connectivity index (χ3v) is 2.48. The molecule has 1 heterocycles. The number of carbonyl (C=O) groups excluding carboxylic acids is 1. The Hall–Kier alpha value is -1.42. The molecule has 1 rings (SSSR count). The second-order valence-electron chi connectivity index (χ2n) is 4.65. The molecule has 1 aromatic rings. The van der Waals surface area contributed by atoms with E-state index in [9.17, 15) is 4.79 Å². The van der Waals surface area contributed by atoms with Gasteiger partial charge in [-0.05, 0) is 38.3 Å². The van der Waals surface area contributed by atoms with Gasteiger partial charge in [-0.1, -0.05) is 6.07 Å². The van der Waals surface area contributed by atoms with Crippen LogP contribution in [0.5, 0.6) is 0 Å². The molecule has 100 valence electrons. The number of amides is 1. The lowest BCUT2D eigenvalue weighted by Gasteiger charge is -2.08. The SMILES string of the molecule is COCCCc1ccc(CC(=O)NC(C)C)cn1. The molecule has 1 aromatic heterocycles. The maximum atomic E-state index is 11.6. The van der Waals surface area contributed by atoms with E-state index in [4.69, 9.17) is 4.74 Å². The van der Waals surface area contributed by atoms with Gasteiger partial charge in [0.25, 0.3) is 0 Å². The molecule has 4 nitrogen and oxygen atoms in total. The Bertz CT molecular complexity index is 361. The summed E-state index contributed by atoms with van der Waals surface area (Å²) in [6.45, 7) is 4.66. The highest BCUT2D eigenvalue weighted by Gasteiger charge is 2.05. The predicted octanol–water partition coefficient (Wildman–Crippen LogP) is 1.73. The lowest BCUT2D eigenvalue weighted by atomic mass is 10.1. The van der Waals surface area contributed by atoms with Crippen molar-refractivity contribution in [2.24, 2.45) is 0 Å². The Morgan fingerprint density at radius 1 is 1.44 bits per heavy atom. The lowest BCUT2D eigenvalue weighted by molar-refractivity contribution is -0.120. The van der Waals surface area contributed by atoms with Gasteiger partial charge in [-0.25, -0.2) is 0 Å². The molecule has 4 heteroatoms. The van der Waals surface area contributed by atoms with Gasteiger partial charge >= 0.3 is 0 Å². The number of nitrogens with zero attached hydrogens (tertiary/aromatic N) is 1. The summed E-state index contributed by atoms with van der Waals surface area (Å²) >= 11 is 0. The summed E-state index contributed by atoms with van der Waals surface area (Å²) in [5.74, 6) is 0.0407. The minimum absolute atomic E-state index is 0.0407. The highest BCUT2D eigenvalue weighted by atomic mass is 16.5. The second kappa shape index (κ2) is 7.82. The number of hydrogen-bond donors (Lipinski definition) is 1. The molecule has 0 atom stereocenters. The van der Waals surface area contributed by atoms with E-state index in [1.165, 1.54) is 0 Å². The van der Waals surface area contributed by atoms with E-state index in [0.717, 1.165) is 30.7 Å². The third-order valence-electron chi connectivity index (χ3n) is 2.48. The van der Waals surface area contributed by atoms with E-state index in [2.05, 4.69) is 10.3 Å². The van der Waals surface area contributed by atoms with Gasteiger partial charge in [-0.15, -0.1) is 0 Å². The molecule has 0 spiro atoms. The van der Waals surface area contributed by atoms with Crippen molar-refractivity contribution in [2.75, 3.05) is 13.7 Å². The molecular weight excluding hydrogens is 228 g/mol. The molecule has 0 saturated heterocycles. The number of pyridine rings is 1. The van der Waals surface area contributed by atoms with Crippen molar-refractivity contribution < 1.29 is 9.53 Å². The molecule has 0 saturated carbocycles. The highest BCUT2D eigenvalue weighted by molar-refractivity contribution is 5.78. The Labute approximate surface area is 109 Å². The number of methoxy groups -OCH3 is 1. The topological polar surface area (TPSA) is 51.2 Å². The molecule has 1 N–H and O–H groups in total. The molecule has 0 radical (unpaired) electrons. The van der Waals surface area contributed by atoms with Gasteiger partial charge in [0.2, 0.25) is 5.91 Å². The Balaban J connectivity index is 2.42. The van der Waals surface area contributed by atoms with Gasteiger partial charge in [0.15, 0.2) is 0 Å². The molecule has 0 unspecified atom stereocenters. The quantitative estimate of drug-likeness (QED) is 0.750. The number of hydrogen-bond acceptors (Lipinski definition) is 3. The summed E-state index contributed by atoms with van der Waals surface area (Å²) in [6.07, 6.45) is 4.05.